The lowest BCUT2D eigenvalue weighted by Gasteiger charge is -2.06. The topological polar surface area (TPSA) is 89.3 Å². The van der Waals surface area contributed by atoms with Crippen LogP contribution < -0.4 is 10.5 Å². The molecule has 0 unspecified atom stereocenters. The van der Waals surface area contributed by atoms with Gasteiger partial charge >= 0.3 is 0 Å². The van der Waals surface area contributed by atoms with Crippen molar-refractivity contribution in [2.45, 2.75) is 18.1 Å². The Bertz CT molecular complexity index is 813. The lowest BCUT2D eigenvalue weighted by molar-refractivity contribution is 0.103. The van der Waals surface area contributed by atoms with Crippen LogP contribution in [0.4, 0.5) is 5.69 Å². The summed E-state index contributed by atoms with van der Waals surface area (Å²) in [5.41, 5.74) is 2.00. The van der Waals surface area contributed by atoms with E-state index in [1.165, 1.54) is 6.07 Å². The molecule has 0 aliphatic rings. The van der Waals surface area contributed by atoms with Crippen LogP contribution in [-0.2, 0) is 10.0 Å². The molecule has 0 aliphatic heterocycles. The number of anilines is 1. The van der Waals surface area contributed by atoms with Crippen molar-refractivity contribution >= 4 is 44.6 Å². The molecule has 112 valence electrons. The first-order valence-corrected chi connectivity index (χ1v) is 8.63. The van der Waals surface area contributed by atoms with Crippen LogP contribution in [0, 0.1) is 13.8 Å². The minimum atomic E-state index is -3.81. The lowest BCUT2D eigenvalue weighted by Crippen LogP contribution is -2.11. The molecule has 3 N–H and O–H groups in total. The van der Waals surface area contributed by atoms with Crippen molar-refractivity contribution in [3.05, 3.63) is 45.3 Å². The molecule has 1 aromatic heterocycles. The number of carbonyl (C=O) groups is 1. The van der Waals surface area contributed by atoms with Gasteiger partial charge < -0.3 is 5.32 Å². The summed E-state index contributed by atoms with van der Waals surface area (Å²) in [7, 11) is -3.81. The van der Waals surface area contributed by atoms with Gasteiger partial charge in [-0.05, 0) is 43.2 Å². The van der Waals surface area contributed by atoms with Gasteiger partial charge in [0.1, 0.15) is 4.21 Å². The molecule has 2 rings (SSSR count). The zero-order chi connectivity index (χ0) is 15.8. The highest BCUT2D eigenvalue weighted by atomic mass is 35.5. The van der Waals surface area contributed by atoms with Crippen LogP contribution in [0.2, 0.25) is 5.02 Å². The van der Waals surface area contributed by atoms with E-state index in [1.807, 2.05) is 6.92 Å². The van der Waals surface area contributed by atoms with E-state index in [4.69, 9.17) is 16.7 Å². The molecular formula is C13H13ClN2O3S2. The molecule has 1 aromatic carbocycles. The zero-order valence-corrected chi connectivity index (χ0v) is 13.7. The van der Waals surface area contributed by atoms with Crippen LogP contribution in [0.3, 0.4) is 0 Å². The molecule has 0 atom stereocenters. The fourth-order valence-electron chi connectivity index (χ4n) is 1.68. The first kappa shape index (κ1) is 16.0. The van der Waals surface area contributed by atoms with Crippen molar-refractivity contribution in [3.63, 3.8) is 0 Å². The fraction of sp³-hybridized carbons (Fsp3) is 0.154. The highest BCUT2D eigenvalue weighted by Crippen LogP contribution is 2.27. The van der Waals surface area contributed by atoms with Crippen LogP contribution in [0.1, 0.15) is 20.8 Å². The average molecular weight is 345 g/mol. The highest BCUT2D eigenvalue weighted by molar-refractivity contribution is 7.91. The van der Waals surface area contributed by atoms with E-state index in [2.05, 4.69) is 5.32 Å². The summed E-state index contributed by atoms with van der Waals surface area (Å²) in [5, 5.41) is 8.29. The van der Waals surface area contributed by atoms with Crippen LogP contribution in [0.25, 0.3) is 0 Å². The predicted octanol–water partition coefficient (Wildman–Crippen LogP) is 2.92. The number of thiophene rings is 1. The summed E-state index contributed by atoms with van der Waals surface area (Å²) in [4.78, 5) is 12.5. The molecule has 0 saturated heterocycles. The minimum absolute atomic E-state index is 0.0351. The highest BCUT2D eigenvalue weighted by Gasteiger charge is 2.19. The number of nitrogens with two attached hydrogens (primary N) is 1. The second-order valence-corrected chi connectivity index (χ2v) is 7.79. The summed E-state index contributed by atoms with van der Waals surface area (Å²) >= 11 is 6.84. The van der Waals surface area contributed by atoms with E-state index in [0.717, 1.165) is 16.9 Å². The van der Waals surface area contributed by atoms with Gasteiger partial charge in [-0.3, -0.25) is 4.79 Å². The number of hydrogen-bond donors (Lipinski definition) is 2. The Labute approximate surface area is 131 Å². The molecule has 21 heavy (non-hydrogen) atoms. The predicted molar refractivity (Wildman–Crippen MR) is 84.6 cm³/mol. The third-order valence-electron chi connectivity index (χ3n) is 2.81. The molecule has 2 aromatic rings. The molecule has 0 bridgehead atoms. The Balaban J connectivity index is 2.28. The van der Waals surface area contributed by atoms with E-state index < -0.39 is 15.9 Å². The van der Waals surface area contributed by atoms with Gasteiger partial charge in [-0.15, -0.1) is 11.3 Å². The summed E-state index contributed by atoms with van der Waals surface area (Å²) in [6.07, 6.45) is 0. The van der Waals surface area contributed by atoms with Crippen molar-refractivity contribution in [3.8, 4) is 0 Å². The third kappa shape index (κ3) is 3.62. The standard InChI is InChI=1S/C13H13ClN2O3S2/c1-7-3-4-9(6-10(7)14)16-13(17)12-8(2)5-11(20-12)21(15,18)19/h3-6H,1-2H3,(H,16,17)(H2,15,18,19). The number of aryl methyl sites for hydroxylation is 2. The molecular weight excluding hydrogens is 332 g/mol. The maximum absolute atomic E-state index is 12.2. The second-order valence-electron chi connectivity index (χ2n) is 4.54. The summed E-state index contributed by atoms with van der Waals surface area (Å²) in [6, 6.07) is 6.53. The largest absolute Gasteiger partial charge is 0.321 e. The Morgan fingerprint density at radius 3 is 2.43 bits per heavy atom. The molecule has 0 spiro atoms. The first-order valence-electron chi connectivity index (χ1n) is 5.89. The number of nitrogens with one attached hydrogen (secondary N) is 1. The van der Waals surface area contributed by atoms with Gasteiger partial charge in [0.2, 0.25) is 10.0 Å². The van der Waals surface area contributed by atoms with Gasteiger partial charge in [0.15, 0.2) is 0 Å². The number of amides is 1. The number of hydrogen-bond acceptors (Lipinski definition) is 4. The maximum atomic E-state index is 12.2. The zero-order valence-electron chi connectivity index (χ0n) is 11.3. The molecule has 0 saturated carbocycles. The number of carbonyl (C=O) groups excluding carboxylic acids is 1. The summed E-state index contributed by atoms with van der Waals surface area (Å²) in [6.45, 7) is 3.51. The average Bonchev–Trinajstić information content (AvgIpc) is 2.76. The molecule has 1 heterocycles. The Morgan fingerprint density at radius 2 is 1.90 bits per heavy atom. The number of sulfonamides is 1. The minimum Gasteiger partial charge on any atom is -0.321 e. The van der Waals surface area contributed by atoms with Gasteiger partial charge in [0.25, 0.3) is 5.91 Å². The molecule has 5 nitrogen and oxygen atoms in total. The van der Waals surface area contributed by atoms with Gasteiger partial charge in [-0.1, -0.05) is 17.7 Å². The van der Waals surface area contributed by atoms with E-state index in [-0.39, 0.29) is 4.21 Å². The monoisotopic (exact) mass is 344 g/mol. The van der Waals surface area contributed by atoms with Crippen molar-refractivity contribution in [1.29, 1.82) is 0 Å². The second kappa shape index (κ2) is 5.76. The quantitative estimate of drug-likeness (QED) is 0.897. The van der Waals surface area contributed by atoms with Gasteiger partial charge in [-0.2, -0.15) is 0 Å². The van der Waals surface area contributed by atoms with Crippen molar-refractivity contribution < 1.29 is 13.2 Å². The molecule has 0 aliphatic carbocycles. The summed E-state index contributed by atoms with van der Waals surface area (Å²) in [5.74, 6) is -0.396. The molecule has 0 radical (unpaired) electrons. The maximum Gasteiger partial charge on any atom is 0.266 e. The van der Waals surface area contributed by atoms with Crippen molar-refractivity contribution in [2.75, 3.05) is 5.32 Å². The van der Waals surface area contributed by atoms with E-state index in [1.54, 1.807) is 25.1 Å². The van der Waals surface area contributed by atoms with Gasteiger partial charge in [-0.25, -0.2) is 13.6 Å². The number of primary sulfonamides is 1. The molecule has 8 heteroatoms. The molecule has 0 fully saturated rings. The third-order valence-corrected chi connectivity index (χ3v) is 5.87. The SMILES string of the molecule is Cc1ccc(NC(=O)c2sc(S(N)(=O)=O)cc2C)cc1Cl. The molecule has 1 amide bonds. The first-order chi connectivity index (χ1) is 9.68. The van der Waals surface area contributed by atoms with Crippen LogP contribution in [-0.4, -0.2) is 14.3 Å². The van der Waals surface area contributed by atoms with Crippen LogP contribution in [0.15, 0.2) is 28.5 Å². The summed E-state index contributed by atoms with van der Waals surface area (Å²) < 4.78 is 22.6. The van der Waals surface area contributed by atoms with Crippen LogP contribution in [0.5, 0.6) is 0 Å². The number of benzene rings is 1. The Hall–Kier alpha value is -1.41. The van der Waals surface area contributed by atoms with Gasteiger partial charge in [0.05, 0.1) is 4.88 Å². The Morgan fingerprint density at radius 1 is 1.24 bits per heavy atom. The van der Waals surface area contributed by atoms with Gasteiger partial charge in [0, 0.05) is 10.7 Å². The smallest absolute Gasteiger partial charge is 0.266 e. The van der Waals surface area contributed by atoms with Crippen molar-refractivity contribution in [1.82, 2.24) is 0 Å². The number of halogens is 1. The lowest BCUT2D eigenvalue weighted by atomic mass is 10.2. The fourth-order valence-corrected chi connectivity index (χ4v) is 3.71. The Kier molecular flexibility index (Phi) is 4.38. The van der Waals surface area contributed by atoms with Crippen molar-refractivity contribution in [2.24, 2.45) is 5.14 Å². The van der Waals surface area contributed by atoms with E-state index in [9.17, 15) is 13.2 Å². The van der Waals surface area contributed by atoms with Crippen LogP contribution >= 0.6 is 22.9 Å². The van der Waals surface area contributed by atoms with E-state index in [0.29, 0.717) is 21.2 Å². The normalized spacial score (nSPS) is 11.4. The number of rotatable bonds is 3. The van der Waals surface area contributed by atoms with E-state index >= 15 is 0 Å².